The largest absolute Gasteiger partial charge is 0.365 e. The molecule has 46 valence electrons. The molecule has 0 amide bonds. The summed E-state index contributed by atoms with van der Waals surface area (Å²) in [6, 6.07) is 0. The quantitative estimate of drug-likeness (QED) is 0.351. The zero-order valence-electron chi connectivity index (χ0n) is 3.77. The van der Waals surface area contributed by atoms with E-state index >= 15 is 0 Å². The Kier molecular flexibility index (Phi) is 1.98. The van der Waals surface area contributed by atoms with Crippen LogP contribution in [0, 0.1) is 12.3 Å². The number of terminal acetylenes is 1. The third kappa shape index (κ3) is 1.93. The van der Waals surface area contributed by atoms with Crippen molar-refractivity contribution >= 4 is 10.1 Å². The lowest BCUT2D eigenvalue weighted by Gasteiger charge is -1.93. The summed E-state index contributed by atoms with van der Waals surface area (Å²) in [5.74, 6) is 1.42. The van der Waals surface area contributed by atoms with Crippen LogP contribution in [0.25, 0.3) is 0 Å². The number of hydrogen-bond donors (Lipinski definition) is 2. The third-order valence-corrected chi connectivity index (χ3v) is 1.13. The van der Waals surface area contributed by atoms with Crippen LogP contribution in [0.15, 0.2) is 0 Å². The van der Waals surface area contributed by atoms with Gasteiger partial charge in [0.15, 0.2) is 0 Å². The summed E-state index contributed by atoms with van der Waals surface area (Å²) in [6.07, 6.45) is 4.42. The van der Waals surface area contributed by atoms with Crippen LogP contribution in [0.1, 0.15) is 0 Å². The van der Waals surface area contributed by atoms with E-state index in [1.807, 2.05) is 0 Å². The fraction of sp³-hybridized carbons (Fsp3) is 0.333. The molecule has 0 rings (SSSR count). The predicted molar refractivity (Wildman–Crippen MR) is 26.4 cm³/mol. The summed E-state index contributed by atoms with van der Waals surface area (Å²) in [5, 5.41) is 8.12. The SMILES string of the molecule is C#CC(O)S(=O)(=O)O. The van der Waals surface area contributed by atoms with Crippen molar-refractivity contribution in [2.24, 2.45) is 0 Å². The standard InChI is InChI=1S/C3H4O4S/c1-2-3(4)8(5,6)7/h1,3-4H,(H,5,6,7). The molecule has 0 saturated carbocycles. The molecule has 8 heavy (non-hydrogen) atoms. The van der Waals surface area contributed by atoms with Gasteiger partial charge in [0.2, 0.25) is 5.44 Å². The first-order chi connectivity index (χ1) is 3.48. The number of rotatable bonds is 1. The second-order valence-electron chi connectivity index (χ2n) is 1.03. The predicted octanol–water partition coefficient (Wildman–Crippen LogP) is -1.17. The monoisotopic (exact) mass is 136 g/mol. The molecule has 0 bridgehead atoms. The Bertz CT molecular complexity index is 196. The van der Waals surface area contributed by atoms with Gasteiger partial charge >= 0.3 is 10.1 Å². The maximum atomic E-state index is 9.73. The summed E-state index contributed by atoms with van der Waals surface area (Å²) >= 11 is 0. The summed E-state index contributed by atoms with van der Waals surface area (Å²) in [4.78, 5) is 0. The van der Waals surface area contributed by atoms with Crippen LogP contribution in [-0.4, -0.2) is 23.5 Å². The number of aliphatic hydroxyl groups excluding tert-OH is 1. The van der Waals surface area contributed by atoms with Crippen LogP contribution in [-0.2, 0) is 10.1 Å². The molecule has 0 heterocycles. The molecule has 0 aliphatic heterocycles. The Morgan fingerprint density at radius 3 is 2.00 bits per heavy atom. The minimum atomic E-state index is -4.43. The zero-order valence-corrected chi connectivity index (χ0v) is 4.59. The molecule has 0 aromatic rings. The molecular formula is C3H4O4S. The molecule has 4 nitrogen and oxygen atoms in total. The van der Waals surface area contributed by atoms with Crippen LogP contribution in [0.2, 0.25) is 0 Å². The van der Waals surface area contributed by atoms with E-state index in [0.29, 0.717) is 0 Å². The van der Waals surface area contributed by atoms with Gasteiger partial charge in [0.25, 0.3) is 0 Å². The maximum absolute atomic E-state index is 9.73. The van der Waals surface area contributed by atoms with E-state index in [0.717, 1.165) is 0 Å². The van der Waals surface area contributed by atoms with E-state index in [4.69, 9.17) is 9.66 Å². The van der Waals surface area contributed by atoms with E-state index in [2.05, 4.69) is 6.42 Å². The molecule has 0 aliphatic rings. The smallest absolute Gasteiger partial charge is 0.304 e. The topological polar surface area (TPSA) is 74.6 Å². The molecular weight excluding hydrogens is 132 g/mol. The molecule has 1 unspecified atom stereocenters. The highest BCUT2D eigenvalue weighted by molar-refractivity contribution is 7.86. The van der Waals surface area contributed by atoms with Gasteiger partial charge in [0.1, 0.15) is 0 Å². The average Bonchev–Trinajstić information content (AvgIpc) is 1.62. The highest BCUT2D eigenvalue weighted by atomic mass is 32.2. The van der Waals surface area contributed by atoms with E-state index in [1.54, 1.807) is 0 Å². The van der Waals surface area contributed by atoms with Crippen molar-refractivity contribution in [3.63, 3.8) is 0 Å². The van der Waals surface area contributed by atoms with Crippen LogP contribution in [0.4, 0.5) is 0 Å². The molecule has 1 atom stereocenters. The van der Waals surface area contributed by atoms with Crippen molar-refractivity contribution in [2.75, 3.05) is 0 Å². The van der Waals surface area contributed by atoms with E-state index in [-0.39, 0.29) is 0 Å². The molecule has 5 heteroatoms. The van der Waals surface area contributed by atoms with Crippen molar-refractivity contribution in [3.05, 3.63) is 0 Å². The summed E-state index contributed by atoms with van der Waals surface area (Å²) in [7, 11) is -4.43. The minimum absolute atomic E-state index is 1.42. The Labute approximate surface area is 46.9 Å². The first kappa shape index (κ1) is 7.43. The molecule has 0 aromatic carbocycles. The van der Waals surface area contributed by atoms with Crippen molar-refractivity contribution in [2.45, 2.75) is 5.44 Å². The molecule has 2 N–H and O–H groups in total. The first-order valence-corrected chi connectivity index (χ1v) is 3.09. The second kappa shape index (κ2) is 2.13. The molecule has 0 aromatic heterocycles. The van der Waals surface area contributed by atoms with Gasteiger partial charge in [-0.15, -0.1) is 6.42 Å². The van der Waals surface area contributed by atoms with Crippen molar-refractivity contribution < 1.29 is 18.1 Å². The number of aliphatic hydroxyl groups is 1. The molecule has 0 spiro atoms. The fourth-order valence-corrected chi connectivity index (χ4v) is 0.258. The van der Waals surface area contributed by atoms with Crippen LogP contribution >= 0.6 is 0 Å². The molecule has 0 fully saturated rings. The van der Waals surface area contributed by atoms with E-state index in [1.165, 1.54) is 5.92 Å². The maximum Gasteiger partial charge on any atom is 0.304 e. The average molecular weight is 136 g/mol. The van der Waals surface area contributed by atoms with Gasteiger partial charge in [0, 0.05) is 0 Å². The normalized spacial score (nSPS) is 14.6. The Morgan fingerprint density at radius 2 is 2.00 bits per heavy atom. The van der Waals surface area contributed by atoms with Crippen LogP contribution < -0.4 is 0 Å². The van der Waals surface area contributed by atoms with E-state index < -0.39 is 15.6 Å². The van der Waals surface area contributed by atoms with Gasteiger partial charge in [-0.1, -0.05) is 5.92 Å². The summed E-state index contributed by atoms with van der Waals surface area (Å²) in [5.41, 5.74) is -2.09. The van der Waals surface area contributed by atoms with Gasteiger partial charge in [0.05, 0.1) is 0 Å². The highest BCUT2D eigenvalue weighted by Crippen LogP contribution is 1.88. The zero-order chi connectivity index (χ0) is 6.78. The van der Waals surface area contributed by atoms with Gasteiger partial charge in [-0.05, 0) is 0 Å². The minimum Gasteiger partial charge on any atom is -0.365 e. The molecule has 0 radical (unpaired) electrons. The Hall–Kier alpha value is -0.570. The number of hydrogen-bond acceptors (Lipinski definition) is 3. The third-order valence-electron chi connectivity index (χ3n) is 0.425. The van der Waals surface area contributed by atoms with Crippen LogP contribution in [0.5, 0.6) is 0 Å². The lowest BCUT2D eigenvalue weighted by Crippen LogP contribution is -2.16. The van der Waals surface area contributed by atoms with Crippen molar-refractivity contribution in [1.82, 2.24) is 0 Å². The van der Waals surface area contributed by atoms with Gasteiger partial charge in [-0.3, -0.25) is 4.55 Å². The lowest BCUT2D eigenvalue weighted by atomic mass is 10.8. The highest BCUT2D eigenvalue weighted by Gasteiger charge is 2.14. The molecule has 0 aliphatic carbocycles. The Morgan fingerprint density at radius 1 is 1.62 bits per heavy atom. The summed E-state index contributed by atoms with van der Waals surface area (Å²) in [6.45, 7) is 0. The van der Waals surface area contributed by atoms with Gasteiger partial charge in [-0.2, -0.15) is 8.42 Å². The van der Waals surface area contributed by atoms with Crippen molar-refractivity contribution in [3.8, 4) is 12.3 Å². The van der Waals surface area contributed by atoms with Gasteiger partial charge < -0.3 is 5.11 Å². The second-order valence-corrected chi connectivity index (χ2v) is 2.51. The fourth-order valence-electron chi connectivity index (χ4n) is 0.0860. The van der Waals surface area contributed by atoms with E-state index in [9.17, 15) is 8.42 Å². The summed E-state index contributed by atoms with van der Waals surface area (Å²) < 4.78 is 27.3. The molecule has 0 saturated heterocycles. The first-order valence-electron chi connectivity index (χ1n) is 1.59. The van der Waals surface area contributed by atoms with Gasteiger partial charge in [-0.25, -0.2) is 0 Å². The van der Waals surface area contributed by atoms with Crippen LogP contribution in [0.3, 0.4) is 0 Å². The lowest BCUT2D eigenvalue weighted by molar-refractivity contribution is 0.284. The van der Waals surface area contributed by atoms with Crippen molar-refractivity contribution in [1.29, 1.82) is 0 Å². The Balaban J connectivity index is 4.34.